The van der Waals surface area contributed by atoms with Crippen LogP contribution in [0.4, 0.5) is 5.69 Å². The molecule has 0 bridgehead atoms. The maximum absolute atomic E-state index is 12.4. The first-order chi connectivity index (χ1) is 11.4. The first kappa shape index (κ1) is 17.9. The summed E-state index contributed by atoms with van der Waals surface area (Å²) in [5, 5.41) is 14.1. The summed E-state index contributed by atoms with van der Waals surface area (Å²) in [5.74, 6) is -0.156. The van der Waals surface area contributed by atoms with Crippen molar-refractivity contribution in [1.29, 1.82) is 0 Å². The van der Waals surface area contributed by atoms with Crippen molar-refractivity contribution in [3.63, 3.8) is 0 Å². The monoisotopic (exact) mass is 347 g/mol. The smallest absolute Gasteiger partial charge is 0.283 e. The quantitative estimate of drug-likeness (QED) is 0.636. The molecule has 24 heavy (non-hydrogen) atoms. The number of nitro groups is 1. The Morgan fingerprint density at radius 3 is 2.71 bits per heavy atom. The van der Waals surface area contributed by atoms with Gasteiger partial charge in [0.25, 0.3) is 11.6 Å². The zero-order chi connectivity index (χ0) is 17.7. The number of amides is 1. The Hall–Kier alpha value is -2.47. The summed E-state index contributed by atoms with van der Waals surface area (Å²) in [6, 6.07) is 7.80. The molecule has 1 aromatic carbocycles. The molecular weight excluding hydrogens is 330 g/mol. The van der Waals surface area contributed by atoms with Crippen LogP contribution < -0.4 is 5.32 Å². The Balaban J connectivity index is 2.16. The van der Waals surface area contributed by atoms with Crippen molar-refractivity contribution in [2.45, 2.75) is 19.8 Å². The number of nitrogens with zero attached hydrogens (tertiary/aromatic N) is 2. The van der Waals surface area contributed by atoms with Crippen molar-refractivity contribution >= 4 is 23.2 Å². The van der Waals surface area contributed by atoms with E-state index in [0.717, 1.165) is 5.56 Å². The summed E-state index contributed by atoms with van der Waals surface area (Å²) in [6.45, 7) is 4.46. The number of nitrogens with one attached hydrogen (secondary N) is 1. The van der Waals surface area contributed by atoms with Crippen LogP contribution in [0.3, 0.4) is 0 Å². The fourth-order valence-electron chi connectivity index (χ4n) is 2.48. The molecule has 0 fully saturated rings. The van der Waals surface area contributed by atoms with Crippen LogP contribution in [-0.4, -0.2) is 22.4 Å². The number of hydrogen-bond acceptors (Lipinski definition) is 4. The fraction of sp³-hybridized carbons (Fsp3) is 0.294. The Morgan fingerprint density at radius 2 is 2.12 bits per heavy atom. The highest BCUT2D eigenvalue weighted by molar-refractivity contribution is 6.31. The number of nitro benzene ring substituents is 1. The van der Waals surface area contributed by atoms with Gasteiger partial charge in [0.2, 0.25) is 0 Å². The van der Waals surface area contributed by atoms with Gasteiger partial charge in [-0.15, -0.1) is 0 Å². The van der Waals surface area contributed by atoms with E-state index in [0.29, 0.717) is 6.54 Å². The molecule has 1 aromatic heterocycles. The van der Waals surface area contributed by atoms with Crippen molar-refractivity contribution in [3.8, 4) is 0 Å². The molecular formula is C17H18ClN3O3. The predicted molar refractivity (Wildman–Crippen MR) is 92.3 cm³/mol. The number of hydrogen-bond donors (Lipinski definition) is 1. The molecule has 1 heterocycles. The number of pyridine rings is 1. The molecule has 0 saturated heterocycles. The third kappa shape index (κ3) is 4.29. The van der Waals surface area contributed by atoms with Crippen molar-refractivity contribution in [1.82, 2.24) is 10.3 Å². The van der Waals surface area contributed by atoms with Crippen molar-refractivity contribution in [2.75, 3.05) is 6.54 Å². The molecule has 2 rings (SSSR count). The minimum Gasteiger partial charge on any atom is -0.351 e. The van der Waals surface area contributed by atoms with Crippen LogP contribution in [0, 0.1) is 16.0 Å². The number of carbonyl (C=O) groups is 1. The molecule has 0 radical (unpaired) electrons. The topological polar surface area (TPSA) is 85.1 Å². The fourth-order valence-corrected chi connectivity index (χ4v) is 2.65. The standard InChI is InChI=1S/C17H18ClN3O3/c1-11(2)15(12-4-3-7-19-9-12)10-20-17(22)14-6-5-13(18)8-16(14)21(23)24/h3-9,11,15H,10H2,1-2H3,(H,20,22)/t15-/m0/s1. The molecule has 0 saturated carbocycles. The molecule has 0 aliphatic carbocycles. The van der Waals surface area contributed by atoms with Gasteiger partial charge in [-0.05, 0) is 29.7 Å². The van der Waals surface area contributed by atoms with E-state index < -0.39 is 10.8 Å². The van der Waals surface area contributed by atoms with Gasteiger partial charge >= 0.3 is 0 Å². The van der Waals surface area contributed by atoms with Crippen molar-refractivity contribution in [3.05, 3.63) is 69.0 Å². The van der Waals surface area contributed by atoms with Crippen LogP contribution in [0.2, 0.25) is 5.02 Å². The summed E-state index contributed by atoms with van der Waals surface area (Å²) in [4.78, 5) is 27.0. The Morgan fingerprint density at radius 1 is 1.38 bits per heavy atom. The average Bonchev–Trinajstić information content (AvgIpc) is 2.55. The van der Waals surface area contributed by atoms with Gasteiger partial charge in [-0.25, -0.2) is 0 Å². The van der Waals surface area contributed by atoms with Gasteiger partial charge in [-0.3, -0.25) is 19.9 Å². The number of rotatable bonds is 6. The molecule has 6 nitrogen and oxygen atoms in total. The summed E-state index contributed by atoms with van der Waals surface area (Å²) in [7, 11) is 0. The first-order valence-electron chi connectivity index (χ1n) is 7.52. The van der Waals surface area contributed by atoms with E-state index in [1.54, 1.807) is 12.4 Å². The molecule has 1 atom stereocenters. The molecule has 2 aromatic rings. The Labute approximate surface area is 145 Å². The van der Waals surface area contributed by atoms with E-state index in [2.05, 4.69) is 24.1 Å². The average molecular weight is 348 g/mol. The molecule has 7 heteroatoms. The van der Waals surface area contributed by atoms with E-state index in [4.69, 9.17) is 11.6 Å². The number of carbonyl (C=O) groups excluding carboxylic acids is 1. The third-order valence-electron chi connectivity index (χ3n) is 3.80. The molecule has 0 spiro atoms. The Kier molecular flexibility index (Phi) is 5.87. The summed E-state index contributed by atoms with van der Waals surface area (Å²) in [5.41, 5.74) is 0.707. The van der Waals surface area contributed by atoms with Gasteiger partial charge < -0.3 is 5.32 Å². The lowest BCUT2D eigenvalue weighted by atomic mass is 9.89. The number of benzene rings is 1. The SMILES string of the molecule is CC(C)[C@H](CNC(=O)c1ccc(Cl)cc1[N+](=O)[O-])c1cccnc1. The molecule has 0 aliphatic heterocycles. The minimum atomic E-state index is -0.609. The maximum Gasteiger partial charge on any atom is 0.283 e. The van der Waals surface area contributed by atoms with E-state index in [1.165, 1.54) is 18.2 Å². The van der Waals surface area contributed by atoms with E-state index in [9.17, 15) is 14.9 Å². The van der Waals surface area contributed by atoms with Crippen LogP contribution in [-0.2, 0) is 0 Å². The lowest BCUT2D eigenvalue weighted by Crippen LogP contribution is -2.30. The third-order valence-corrected chi connectivity index (χ3v) is 4.04. The highest BCUT2D eigenvalue weighted by atomic mass is 35.5. The lowest BCUT2D eigenvalue weighted by molar-refractivity contribution is -0.385. The van der Waals surface area contributed by atoms with Gasteiger partial charge in [-0.2, -0.15) is 0 Å². The summed E-state index contributed by atoms with van der Waals surface area (Å²) >= 11 is 5.77. The molecule has 126 valence electrons. The first-order valence-corrected chi connectivity index (χ1v) is 7.90. The lowest BCUT2D eigenvalue weighted by Gasteiger charge is -2.21. The molecule has 0 unspecified atom stereocenters. The predicted octanol–water partition coefficient (Wildman–Crippen LogP) is 3.81. The van der Waals surface area contributed by atoms with Crippen LogP contribution in [0.25, 0.3) is 0 Å². The van der Waals surface area contributed by atoms with Crippen molar-refractivity contribution in [2.24, 2.45) is 5.92 Å². The van der Waals surface area contributed by atoms with Crippen LogP contribution in [0.15, 0.2) is 42.7 Å². The second-order valence-corrected chi connectivity index (χ2v) is 6.20. The largest absolute Gasteiger partial charge is 0.351 e. The molecule has 1 N–H and O–H groups in total. The van der Waals surface area contributed by atoms with Crippen LogP contribution in [0.5, 0.6) is 0 Å². The molecule has 0 aliphatic rings. The van der Waals surface area contributed by atoms with Gasteiger partial charge in [-0.1, -0.05) is 31.5 Å². The zero-order valence-electron chi connectivity index (χ0n) is 13.4. The van der Waals surface area contributed by atoms with Gasteiger partial charge in [0.1, 0.15) is 5.56 Å². The highest BCUT2D eigenvalue weighted by Crippen LogP contribution is 2.25. The van der Waals surface area contributed by atoms with Crippen LogP contribution in [0.1, 0.15) is 35.7 Å². The second kappa shape index (κ2) is 7.88. The Bertz CT molecular complexity index is 735. The minimum absolute atomic E-state index is 0.00177. The van der Waals surface area contributed by atoms with E-state index in [-0.39, 0.29) is 28.1 Å². The maximum atomic E-state index is 12.4. The summed E-state index contributed by atoms with van der Waals surface area (Å²) < 4.78 is 0. The second-order valence-electron chi connectivity index (χ2n) is 5.77. The van der Waals surface area contributed by atoms with Gasteiger partial charge in [0.15, 0.2) is 0 Å². The van der Waals surface area contributed by atoms with Crippen molar-refractivity contribution < 1.29 is 9.72 Å². The van der Waals surface area contributed by atoms with Gasteiger partial charge in [0.05, 0.1) is 4.92 Å². The van der Waals surface area contributed by atoms with Gasteiger partial charge in [0, 0.05) is 35.9 Å². The molecule has 1 amide bonds. The number of aromatic nitrogens is 1. The summed E-state index contributed by atoms with van der Waals surface area (Å²) in [6.07, 6.45) is 3.46. The zero-order valence-corrected chi connectivity index (χ0v) is 14.2. The highest BCUT2D eigenvalue weighted by Gasteiger charge is 2.22. The van der Waals surface area contributed by atoms with E-state index >= 15 is 0 Å². The normalized spacial score (nSPS) is 12.0. The number of halogens is 1. The van der Waals surface area contributed by atoms with E-state index in [1.807, 2.05) is 12.1 Å². The van der Waals surface area contributed by atoms with Crippen LogP contribution >= 0.6 is 11.6 Å².